The van der Waals surface area contributed by atoms with Crippen LogP contribution in [0.2, 0.25) is 0 Å². The first-order valence-corrected chi connectivity index (χ1v) is 8.38. The fourth-order valence-corrected chi connectivity index (χ4v) is 3.66. The summed E-state index contributed by atoms with van der Waals surface area (Å²) in [6.45, 7) is 2.17. The number of nitrogens with zero attached hydrogens (tertiary/aromatic N) is 1. The van der Waals surface area contributed by atoms with Gasteiger partial charge in [0.1, 0.15) is 4.88 Å². The molecule has 0 saturated heterocycles. The Morgan fingerprint density at radius 2 is 2.36 bits per heavy atom. The number of esters is 1. The Morgan fingerprint density at radius 3 is 3.09 bits per heavy atom. The fourth-order valence-electron chi connectivity index (χ4n) is 2.56. The van der Waals surface area contributed by atoms with Crippen LogP contribution in [0.1, 0.15) is 46.3 Å². The highest BCUT2D eigenvalue weighted by atomic mass is 32.1. The quantitative estimate of drug-likeness (QED) is 0.645. The lowest BCUT2D eigenvalue weighted by Crippen LogP contribution is -2.29. The molecule has 22 heavy (non-hydrogen) atoms. The van der Waals surface area contributed by atoms with Gasteiger partial charge in [0.25, 0.3) is 5.91 Å². The SMILES string of the molecule is CC[C@H]1CCc2sc(C(=O)OCC(=O)NCCC#N)cc2C1. The molecule has 118 valence electrons. The maximum atomic E-state index is 12.0. The molecule has 1 aromatic heterocycles. The van der Waals surface area contributed by atoms with Crippen LogP contribution in [0.15, 0.2) is 6.07 Å². The van der Waals surface area contributed by atoms with Crippen LogP contribution in [-0.4, -0.2) is 25.0 Å². The lowest BCUT2D eigenvalue weighted by molar-refractivity contribution is -0.124. The molecule has 1 amide bonds. The second-order valence-electron chi connectivity index (χ2n) is 5.41. The zero-order chi connectivity index (χ0) is 15.9. The molecule has 0 spiro atoms. The van der Waals surface area contributed by atoms with Gasteiger partial charge in [-0.05, 0) is 36.8 Å². The minimum absolute atomic E-state index is 0.246. The molecule has 1 aliphatic carbocycles. The van der Waals surface area contributed by atoms with Crippen LogP contribution in [0.3, 0.4) is 0 Å². The summed E-state index contributed by atoms with van der Waals surface area (Å²) in [5, 5.41) is 10.9. The monoisotopic (exact) mass is 320 g/mol. The molecule has 6 heteroatoms. The van der Waals surface area contributed by atoms with Crippen molar-refractivity contribution in [1.82, 2.24) is 5.32 Å². The standard InChI is InChI=1S/C16H20N2O3S/c1-2-11-4-5-13-12(8-11)9-14(22-13)16(20)21-10-15(19)18-7-3-6-17/h9,11H,2-5,7-8,10H2,1H3,(H,18,19)/t11-/m0/s1. The summed E-state index contributed by atoms with van der Waals surface area (Å²) in [6.07, 6.45) is 4.65. The van der Waals surface area contributed by atoms with Gasteiger partial charge in [-0.2, -0.15) is 5.26 Å². The van der Waals surface area contributed by atoms with E-state index in [-0.39, 0.29) is 25.5 Å². The van der Waals surface area contributed by atoms with E-state index in [2.05, 4.69) is 12.2 Å². The molecule has 1 aromatic rings. The van der Waals surface area contributed by atoms with Crippen LogP contribution in [0, 0.1) is 17.2 Å². The number of carbonyl (C=O) groups excluding carboxylic acids is 2. The topological polar surface area (TPSA) is 79.2 Å². The van der Waals surface area contributed by atoms with Crippen molar-refractivity contribution in [3.05, 3.63) is 21.4 Å². The molecular formula is C16H20N2O3S. The van der Waals surface area contributed by atoms with Crippen LogP contribution in [-0.2, 0) is 22.4 Å². The Morgan fingerprint density at radius 1 is 1.55 bits per heavy atom. The van der Waals surface area contributed by atoms with E-state index < -0.39 is 5.97 Å². The first kappa shape index (κ1) is 16.5. The summed E-state index contributed by atoms with van der Waals surface area (Å²) in [7, 11) is 0. The summed E-state index contributed by atoms with van der Waals surface area (Å²) in [5.41, 5.74) is 1.26. The highest BCUT2D eigenvalue weighted by molar-refractivity contribution is 7.14. The lowest BCUT2D eigenvalue weighted by atomic mass is 9.87. The van der Waals surface area contributed by atoms with E-state index in [1.54, 1.807) is 0 Å². The second kappa shape index (κ2) is 7.95. The molecular weight excluding hydrogens is 300 g/mol. The Hall–Kier alpha value is -1.87. The minimum atomic E-state index is -0.442. The lowest BCUT2D eigenvalue weighted by Gasteiger charge is -2.19. The van der Waals surface area contributed by atoms with Gasteiger partial charge in [-0.3, -0.25) is 4.79 Å². The fraction of sp³-hybridized carbons (Fsp3) is 0.562. The van der Waals surface area contributed by atoms with E-state index in [0.29, 0.717) is 10.8 Å². The van der Waals surface area contributed by atoms with Crippen LogP contribution in [0.5, 0.6) is 0 Å². The molecule has 0 bridgehead atoms. The van der Waals surface area contributed by atoms with Gasteiger partial charge in [-0.25, -0.2) is 4.79 Å². The highest BCUT2D eigenvalue weighted by Gasteiger charge is 2.22. The molecule has 0 aromatic carbocycles. The largest absolute Gasteiger partial charge is 0.451 e. The van der Waals surface area contributed by atoms with Crippen molar-refractivity contribution in [2.75, 3.05) is 13.2 Å². The Balaban J connectivity index is 1.85. The molecule has 0 radical (unpaired) electrons. The van der Waals surface area contributed by atoms with Crippen LogP contribution < -0.4 is 5.32 Å². The van der Waals surface area contributed by atoms with Crippen molar-refractivity contribution in [3.63, 3.8) is 0 Å². The number of amides is 1. The summed E-state index contributed by atoms with van der Waals surface area (Å²) in [4.78, 5) is 25.3. The normalized spacial score (nSPS) is 16.5. The third-order valence-electron chi connectivity index (χ3n) is 3.86. The first-order valence-electron chi connectivity index (χ1n) is 7.56. The first-order chi connectivity index (χ1) is 10.6. The van der Waals surface area contributed by atoms with Gasteiger partial charge in [0.2, 0.25) is 0 Å². The van der Waals surface area contributed by atoms with Gasteiger partial charge in [0.05, 0.1) is 12.5 Å². The van der Waals surface area contributed by atoms with E-state index in [9.17, 15) is 9.59 Å². The van der Waals surface area contributed by atoms with Gasteiger partial charge >= 0.3 is 5.97 Å². The molecule has 5 nitrogen and oxygen atoms in total. The van der Waals surface area contributed by atoms with Crippen molar-refractivity contribution in [1.29, 1.82) is 5.26 Å². The maximum Gasteiger partial charge on any atom is 0.348 e. The highest BCUT2D eigenvalue weighted by Crippen LogP contribution is 2.33. The summed E-state index contributed by atoms with van der Waals surface area (Å²) >= 11 is 1.48. The Bertz CT molecular complexity index is 589. The smallest absolute Gasteiger partial charge is 0.348 e. The Labute approximate surface area is 134 Å². The number of rotatable bonds is 6. The third-order valence-corrected chi connectivity index (χ3v) is 5.07. The number of carbonyl (C=O) groups is 2. The number of ether oxygens (including phenoxy) is 1. The van der Waals surface area contributed by atoms with E-state index in [1.165, 1.54) is 28.2 Å². The van der Waals surface area contributed by atoms with Crippen LogP contribution in [0.25, 0.3) is 0 Å². The van der Waals surface area contributed by atoms with Gasteiger partial charge in [-0.15, -0.1) is 11.3 Å². The molecule has 0 fully saturated rings. The molecule has 1 aliphatic rings. The van der Waals surface area contributed by atoms with E-state index in [4.69, 9.17) is 10.00 Å². The molecule has 1 N–H and O–H groups in total. The summed E-state index contributed by atoms with van der Waals surface area (Å²) in [6, 6.07) is 3.84. The van der Waals surface area contributed by atoms with Crippen LogP contribution in [0.4, 0.5) is 0 Å². The number of aryl methyl sites for hydroxylation is 1. The molecule has 1 heterocycles. The van der Waals surface area contributed by atoms with E-state index >= 15 is 0 Å². The van der Waals surface area contributed by atoms with E-state index in [1.807, 2.05) is 12.1 Å². The zero-order valence-corrected chi connectivity index (χ0v) is 13.5. The molecule has 2 rings (SSSR count). The number of fused-ring (bicyclic) bond motifs is 1. The molecule has 0 saturated carbocycles. The minimum Gasteiger partial charge on any atom is -0.451 e. The second-order valence-corrected chi connectivity index (χ2v) is 6.55. The average molecular weight is 320 g/mol. The molecule has 0 aliphatic heterocycles. The summed E-state index contributed by atoms with van der Waals surface area (Å²) < 4.78 is 5.03. The van der Waals surface area contributed by atoms with Crippen molar-refractivity contribution in [2.24, 2.45) is 5.92 Å². The van der Waals surface area contributed by atoms with E-state index in [0.717, 1.165) is 19.3 Å². The summed E-state index contributed by atoms with van der Waals surface area (Å²) in [5.74, 6) is -0.115. The van der Waals surface area contributed by atoms with Crippen LogP contribution >= 0.6 is 11.3 Å². The van der Waals surface area contributed by atoms with Gasteiger partial charge < -0.3 is 10.1 Å². The Kier molecular flexibility index (Phi) is 5.96. The number of nitrogens with one attached hydrogen (secondary N) is 1. The van der Waals surface area contributed by atoms with Crippen molar-refractivity contribution in [3.8, 4) is 6.07 Å². The maximum absolute atomic E-state index is 12.0. The number of hydrogen-bond acceptors (Lipinski definition) is 5. The zero-order valence-electron chi connectivity index (χ0n) is 12.7. The number of nitriles is 1. The molecule has 1 atom stereocenters. The molecule has 0 unspecified atom stereocenters. The number of thiophene rings is 1. The average Bonchev–Trinajstić information content (AvgIpc) is 2.95. The van der Waals surface area contributed by atoms with Gasteiger partial charge in [0.15, 0.2) is 6.61 Å². The predicted octanol–water partition coefficient (Wildman–Crippen LogP) is 2.45. The van der Waals surface area contributed by atoms with Gasteiger partial charge in [0, 0.05) is 11.4 Å². The van der Waals surface area contributed by atoms with Crippen molar-refractivity contribution >= 4 is 23.2 Å². The van der Waals surface area contributed by atoms with Crippen molar-refractivity contribution in [2.45, 2.75) is 39.0 Å². The van der Waals surface area contributed by atoms with Gasteiger partial charge in [-0.1, -0.05) is 13.3 Å². The van der Waals surface area contributed by atoms with Crippen molar-refractivity contribution < 1.29 is 14.3 Å². The third kappa shape index (κ3) is 4.31. The number of hydrogen-bond donors (Lipinski definition) is 1. The predicted molar refractivity (Wildman–Crippen MR) is 83.6 cm³/mol.